The molecule has 1 fully saturated rings. The number of aromatic nitrogens is 1. The van der Waals surface area contributed by atoms with Crippen LogP contribution >= 0.6 is 11.8 Å². The molecule has 0 bridgehead atoms. The molecule has 1 aromatic heterocycles. The van der Waals surface area contributed by atoms with Crippen LogP contribution in [-0.2, 0) is 16.1 Å². The van der Waals surface area contributed by atoms with E-state index in [4.69, 9.17) is 6.42 Å². The maximum absolute atomic E-state index is 12.6. The number of hydrogen-bond donors (Lipinski definition) is 1. The van der Waals surface area contributed by atoms with Crippen molar-refractivity contribution in [3.8, 4) is 12.3 Å². The van der Waals surface area contributed by atoms with E-state index in [0.717, 1.165) is 44.4 Å². The molecule has 0 unspecified atom stereocenters. The Morgan fingerprint density at radius 2 is 2.00 bits per heavy atom. The molecule has 6 nitrogen and oxygen atoms in total. The van der Waals surface area contributed by atoms with Gasteiger partial charge in [-0.3, -0.25) is 19.3 Å². The minimum Gasteiger partial charge on any atom is -0.337 e. The van der Waals surface area contributed by atoms with Crippen molar-refractivity contribution < 1.29 is 14.4 Å². The summed E-state index contributed by atoms with van der Waals surface area (Å²) in [7, 11) is 0. The number of aryl methyl sites for hydroxylation is 1. The first-order valence-corrected chi connectivity index (χ1v) is 10.4. The lowest BCUT2D eigenvalue weighted by Crippen LogP contribution is -2.28. The number of imide groups is 1. The van der Waals surface area contributed by atoms with Gasteiger partial charge in [0.2, 0.25) is 5.91 Å². The maximum Gasteiger partial charge on any atom is 0.294 e. The molecule has 0 aliphatic carbocycles. The first kappa shape index (κ1) is 20.5. The Bertz CT molecular complexity index is 1280. The quantitative estimate of drug-likeness (QED) is 0.486. The Labute approximate surface area is 183 Å². The third-order valence-corrected chi connectivity index (χ3v) is 5.75. The molecule has 154 valence electrons. The summed E-state index contributed by atoms with van der Waals surface area (Å²) in [5.74, 6) is 1.77. The molecule has 2 aromatic carbocycles. The molecule has 4 rings (SSSR count). The minimum atomic E-state index is -0.401. The van der Waals surface area contributed by atoms with Gasteiger partial charge in [0.15, 0.2) is 0 Å². The van der Waals surface area contributed by atoms with E-state index < -0.39 is 5.91 Å². The van der Waals surface area contributed by atoms with Crippen LogP contribution in [-0.4, -0.2) is 33.1 Å². The molecular weight excluding hydrogens is 410 g/mol. The summed E-state index contributed by atoms with van der Waals surface area (Å²) in [6.45, 7) is 2.02. The topological polar surface area (TPSA) is 71.4 Å². The molecule has 0 atom stereocenters. The zero-order valence-electron chi connectivity index (χ0n) is 16.8. The number of amides is 3. The van der Waals surface area contributed by atoms with Gasteiger partial charge >= 0.3 is 0 Å². The molecule has 3 aromatic rings. The number of carbonyl (C=O) groups is 3. The number of nitrogens with one attached hydrogen (secondary N) is 1. The fraction of sp³-hybridized carbons (Fsp3) is 0.125. The van der Waals surface area contributed by atoms with E-state index in [9.17, 15) is 14.4 Å². The van der Waals surface area contributed by atoms with Crippen molar-refractivity contribution in [1.82, 2.24) is 9.47 Å². The van der Waals surface area contributed by atoms with E-state index in [0.29, 0.717) is 4.91 Å². The van der Waals surface area contributed by atoms with Crippen molar-refractivity contribution in [3.63, 3.8) is 0 Å². The number of terminal acetylenes is 1. The zero-order valence-corrected chi connectivity index (χ0v) is 17.6. The molecule has 0 radical (unpaired) electrons. The van der Waals surface area contributed by atoms with Gasteiger partial charge in [0, 0.05) is 28.4 Å². The highest BCUT2D eigenvalue weighted by Crippen LogP contribution is 2.34. The highest BCUT2D eigenvalue weighted by atomic mass is 32.2. The number of thioether (sulfide) groups is 1. The summed E-state index contributed by atoms with van der Waals surface area (Å²) in [6, 6.07) is 15.2. The summed E-state index contributed by atoms with van der Waals surface area (Å²) in [4.78, 5) is 38.6. The fourth-order valence-electron chi connectivity index (χ4n) is 3.47. The maximum atomic E-state index is 12.6. The Morgan fingerprint density at radius 1 is 1.19 bits per heavy atom. The Hall–Kier alpha value is -3.76. The van der Waals surface area contributed by atoms with Crippen LogP contribution in [0, 0.1) is 19.3 Å². The molecular formula is C24H19N3O3S. The van der Waals surface area contributed by atoms with Crippen LogP contribution < -0.4 is 5.32 Å². The van der Waals surface area contributed by atoms with Gasteiger partial charge in [-0.25, -0.2) is 0 Å². The van der Waals surface area contributed by atoms with Crippen LogP contribution in [0.1, 0.15) is 11.1 Å². The number of rotatable bonds is 5. The molecule has 31 heavy (non-hydrogen) atoms. The van der Waals surface area contributed by atoms with E-state index in [1.54, 1.807) is 6.08 Å². The largest absolute Gasteiger partial charge is 0.337 e. The normalized spacial score (nSPS) is 15.0. The van der Waals surface area contributed by atoms with Gasteiger partial charge in [-0.05, 0) is 48.5 Å². The average molecular weight is 430 g/mol. The minimum absolute atomic E-state index is 0.0527. The van der Waals surface area contributed by atoms with Crippen molar-refractivity contribution in [1.29, 1.82) is 0 Å². The lowest BCUT2D eigenvalue weighted by atomic mass is 10.1. The third-order valence-electron chi connectivity index (χ3n) is 4.84. The molecule has 2 heterocycles. The van der Waals surface area contributed by atoms with Crippen LogP contribution in [0.25, 0.3) is 17.0 Å². The number of hydrogen-bond acceptors (Lipinski definition) is 4. The Kier molecular flexibility index (Phi) is 5.65. The lowest BCUT2D eigenvalue weighted by molar-refractivity contribution is -0.122. The number of para-hydroxylation sites is 1. The van der Waals surface area contributed by atoms with E-state index >= 15 is 0 Å². The number of nitrogens with zero attached hydrogens (tertiary/aromatic N) is 2. The summed E-state index contributed by atoms with van der Waals surface area (Å²) < 4.78 is 1.83. The van der Waals surface area contributed by atoms with Crippen LogP contribution in [0.15, 0.2) is 59.6 Å². The first-order chi connectivity index (χ1) is 15.0. The van der Waals surface area contributed by atoms with Gasteiger partial charge in [0.25, 0.3) is 11.1 Å². The van der Waals surface area contributed by atoms with E-state index in [2.05, 4.69) is 11.2 Å². The van der Waals surface area contributed by atoms with E-state index in [1.165, 1.54) is 0 Å². The first-order valence-electron chi connectivity index (χ1n) is 9.59. The smallest absolute Gasteiger partial charge is 0.294 e. The van der Waals surface area contributed by atoms with Gasteiger partial charge in [-0.1, -0.05) is 36.3 Å². The molecule has 3 amide bonds. The van der Waals surface area contributed by atoms with E-state index in [1.807, 2.05) is 66.2 Å². The molecule has 1 aliphatic heterocycles. The van der Waals surface area contributed by atoms with Crippen molar-refractivity contribution in [2.75, 3.05) is 11.9 Å². The van der Waals surface area contributed by atoms with Gasteiger partial charge < -0.3 is 9.88 Å². The summed E-state index contributed by atoms with van der Waals surface area (Å²) in [6.07, 6.45) is 8.75. The zero-order chi connectivity index (χ0) is 22.0. The van der Waals surface area contributed by atoms with Crippen LogP contribution in [0.2, 0.25) is 0 Å². The van der Waals surface area contributed by atoms with Crippen molar-refractivity contribution in [2.45, 2.75) is 13.5 Å². The molecule has 1 N–H and O–H groups in total. The molecule has 1 aliphatic rings. The monoisotopic (exact) mass is 429 g/mol. The van der Waals surface area contributed by atoms with Crippen LogP contribution in [0.4, 0.5) is 10.5 Å². The molecule has 7 heteroatoms. The van der Waals surface area contributed by atoms with E-state index in [-0.39, 0.29) is 24.2 Å². The van der Waals surface area contributed by atoms with Crippen molar-refractivity contribution in [2.24, 2.45) is 0 Å². The number of benzene rings is 2. The van der Waals surface area contributed by atoms with Crippen molar-refractivity contribution in [3.05, 3.63) is 70.8 Å². The average Bonchev–Trinajstić information content (AvgIpc) is 3.20. The van der Waals surface area contributed by atoms with Gasteiger partial charge in [-0.2, -0.15) is 0 Å². The Morgan fingerprint density at radius 3 is 2.77 bits per heavy atom. The fourth-order valence-corrected chi connectivity index (χ4v) is 4.30. The van der Waals surface area contributed by atoms with Crippen LogP contribution in [0.5, 0.6) is 0 Å². The SMILES string of the molecule is C#CCN1C(=O)S/C(=C\c2cn(CC(=O)Nc3cccc(C)c3)c3ccccc23)C1=O. The van der Waals surface area contributed by atoms with Gasteiger partial charge in [-0.15, -0.1) is 6.42 Å². The third kappa shape index (κ3) is 4.25. The van der Waals surface area contributed by atoms with Crippen LogP contribution in [0.3, 0.4) is 0 Å². The van der Waals surface area contributed by atoms with Gasteiger partial charge in [0.1, 0.15) is 6.54 Å². The second kappa shape index (κ2) is 8.54. The van der Waals surface area contributed by atoms with Gasteiger partial charge in [0.05, 0.1) is 11.4 Å². The highest BCUT2D eigenvalue weighted by Gasteiger charge is 2.34. The number of fused-ring (bicyclic) bond motifs is 1. The number of anilines is 1. The summed E-state index contributed by atoms with van der Waals surface area (Å²) >= 11 is 0.866. The Balaban J connectivity index is 1.62. The second-order valence-electron chi connectivity index (χ2n) is 7.12. The lowest BCUT2D eigenvalue weighted by Gasteiger charge is -2.08. The predicted octanol–water partition coefficient (Wildman–Crippen LogP) is 4.26. The summed E-state index contributed by atoms with van der Waals surface area (Å²) in [5, 5.41) is 3.41. The van der Waals surface area contributed by atoms with Crippen molar-refractivity contribution >= 4 is 51.5 Å². The highest BCUT2D eigenvalue weighted by molar-refractivity contribution is 8.18. The molecule has 0 saturated carbocycles. The summed E-state index contributed by atoms with van der Waals surface area (Å²) in [5.41, 5.74) is 3.41. The predicted molar refractivity (Wildman–Crippen MR) is 123 cm³/mol. The second-order valence-corrected chi connectivity index (χ2v) is 8.11. The molecule has 1 saturated heterocycles. The standard InChI is InChI=1S/C24H19N3O3S/c1-3-11-27-23(29)21(31-24(27)30)13-17-14-26(20-10-5-4-9-19(17)20)15-22(28)25-18-8-6-7-16(2)12-18/h1,4-10,12-14H,11,15H2,2H3,(H,25,28)/b21-13-. The molecule has 0 spiro atoms. The number of carbonyl (C=O) groups excluding carboxylic acids is 3.